The lowest BCUT2D eigenvalue weighted by molar-refractivity contribution is -0.110. The summed E-state index contributed by atoms with van der Waals surface area (Å²) in [6.07, 6.45) is 3.85. The number of para-hydroxylation sites is 1. The number of carbonyl (C=O) groups excluding carboxylic acids is 1. The summed E-state index contributed by atoms with van der Waals surface area (Å²) in [5.74, 6) is -0.361. The quantitative estimate of drug-likeness (QED) is 0.452. The van der Waals surface area contributed by atoms with Gasteiger partial charge >= 0.3 is 0 Å². The van der Waals surface area contributed by atoms with Crippen LogP contribution in [-0.2, 0) is 21.2 Å². The van der Waals surface area contributed by atoms with Crippen molar-refractivity contribution in [1.82, 2.24) is 5.32 Å². The number of carbonyl (C=O) groups is 1. The zero-order valence-corrected chi connectivity index (χ0v) is 23.7. The highest BCUT2D eigenvalue weighted by Crippen LogP contribution is 2.34. The number of hydrogen-bond donors (Lipinski definition) is 4. The van der Waals surface area contributed by atoms with Gasteiger partial charge in [0.25, 0.3) is 5.91 Å². The number of amidine groups is 1. The minimum absolute atomic E-state index is 0.0456. The van der Waals surface area contributed by atoms with Crippen LogP contribution in [0.5, 0.6) is 5.75 Å². The van der Waals surface area contributed by atoms with Gasteiger partial charge < -0.3 is 26.2 Å². The second-order valence-corrected chi connectivity index (χ2v) is 13.3. The van der Waals surface area contributed by atoms with Crippen molar-refractivity contribution in [2.24, 2.45) is 15.7 Å². The first kappa shape index (κ1) is 30.7. The van der Waals surface area contributed by atoms with Gasteiger partial charge in [0, 0.05) is 19.2 Å². The first-order valence-corrected chi connectivity index (χ1v) is 14.3. The number of aliphatic hydroxyl groups is 1. The van der Waals surface area contributed by atoms with E-state index in [2.05, 4.69) is 20.6 Å². The van der Waals surface area contributed by atoms with Crippen molar-refractivity contribution in [2.45, 2.75) is 88.5 Å². The molecule has 2 atom stereocenters. The second-order valence-electron chi connectivity index (χ2n) is 10.5. The van der Waals surface area contributed by atoms with Crippen LogP contribution >= 0.6 is 0 Å². The van der Waals surface area contributed by atoms with Gasteiger partial charge in [-0.1, -0.05) is 31.4 Å². The zero-order chi connectivity index (χ0) is 27.9. The molecule has 1 amide bonds. The summed E-state index contributed by atoms with van der Waals surface area (Å²) in [6, 6.07) is 5.46. The summed E-state index contributed by atoms with van der Waals surface area (Å²) < 4.78 is 31.7. The number of nitrogens with one attached hydrogen (secondary N) is 2. The number of aliphatic imine (C=N–C) groups is 2. The highest BCUT2D eigenvalue weighted by molar-refractivity contribution is 7.93. The Morgan fingerprint density at radius 1 is 1.24 bits per heavy atom. The maximum Gasteiger partial charge on any atom is 0.277 e. The van der Waals surface area contributed by atoms with Crippen LogP contribution in [-0.4, -0.2) is 67.4 Å². The van der Waals surface area contributed by atoms with Gasteiger partial charge in [0.1, 0.15) is 5.75 Å². The topological polar surface area (TPSA) is 155 Å². The summed E-state index contributed by atoms with van der Waals surface area (Å²) in [5.41, 5.74) is 6.09. The molecule has 11 heteroatoms. The van der Waals surface area contributed by atoms with Crippen molar-refractivity contribution in [1.29, 1.82) is 0 Å². The Morgan fingerprint density at radius 3 is 2.57 bits per heavy atom. The number of ether oxygens (including phenoxy) is 1. The fourth-order valence-electron chi connectivity index (χ4n) is 4.73. The third kappa shape index (κ3) is 7.99. The molecule has 1 aromatic rings. The standard InChI is InChI=1S/C26H43N5O5S/c1-18-30-23(27)21(29-6)24(32)31-20-13-11-12-19(16-28-5)22(20)36-15-10-8-7-9-14-26(4,33)17-25(2,3)37(18,34)35/h11-13,18,28,33H,7-10,14-17H2,1-6H3,(H2,27,30)(H,31,32). The molecule has 0 aliphatic carbocycles. The highest BCUT2D eigenvalue weighted by atomic mass is 32.2. The van der Waals surface area contributed by atoms with E-state index in [1.54, 1.807) is 26.8 Å². The van der Waals surface area contributed by atoms with Crippen LogP contribution in [0.2, 0.25) is 0 Å². The lowest BCUT2D eigenvalue weighted by Crippen LogP contribution is -2.45. The molecule has 2 rings (SSSR count). The van der Waals surface area contributed by atoms with Crippen LogP contribution < -0.4 is 21.1 Å². The predicted molar refractivity (Wildman–Crippen MR) is 149 cm³/mol. The van der Waals surface area contributed by atoms with Gasteiger partial charge in [0.05, 0.1) is 22.6 Å². The number of rotatable bonds is 2. The summed E-state index contributed by atoms with van der Waals surface area (Å²) in [5, 5.41) is 15.6. The van der Waals surface area contributed by atoms with Gasteiger partial charge in [-0.25, -0.2) is 13.4 Å². The van der Waals surface area contributed by atoms with Crippen LogP contribution in [0.3, 0.4) is 0 Å². The number of nitrogens with two attached hydrogens (primary N) is 1. The van der Waals surface area contributed by atoms with Gasteiger partial charge in [-0.2, -0.15) is 0 Å². The molecule has 0 radical (unpaired) electrons. The van der Waals surface area contributed by atoms with E-state index in [0.717, 1.165) is 31.2 Å². The molecule has 5 N–H and O–H groups in total. The zero-order valence-electron chi connectivity index (χ0n) is 22.9. The number of nitrogens with zero attached hydrogens (tertiary/aromatic N) is 2. The van der Waals surface area contributed by atoms with E-state index in [1.807, 2.05) is 19.2 Å². The molecule has 0 saturated carbocycles. The first-order valence-electron chi connectivity index (χ1n) is 12.7. The van der Waals surface area contributed by atoms with Crippen LogP contribution in [0.25, 0.3) is 0 Å². The molecule has 1 heterocycles. The van der Waals surface area contributed by atoms with E-state index in [9.17, 15) is 18.3 Å². The third-order valence-electron chi connectivity index (χ3n) is 6.60. The minimum atomic E-state index is -3.88. The lowest BCUT2D eigenvalue weighted by atomic mass is 9.88. The molecule has 1 aliphatic rings. The molecule has 208 valence electrons. The molecule has 0 spiro atoms. The molecule has 37 heavy (non-hydrogen) atoms. The molecule has 2 unspecified atom stereocenters. The molecule has 0 fully saturated rings. The van der Waals surface area contributed by atoms with E-state index in [0.29, 0.717) is 31.0 Å². The van der Waals surface area contributed by atoms with Crippen molar-refractivity contribution in [3.05, 3.63) is 23.8 Å². The number of anilines is 1. The predicted octanol–water partition coefficient (Wildman–Crippen LogP) is 2.80. The minimum Gasteiger partial charge on any atom is -0.491 e. The van der Waals surface area contributed by atoms with Crippen LogP contribution in [0.1, 0.15) is 71.8 Å². The normalized spacial score (nSPS) is 27.0. The second kappa shape index (κ2) is 12.8. The number of hydrogen-bond acceptors (Lipinski definition) is 9. The van der Waals surface area contributed by atoms with Crippen LogP contribution in [0.4, 0.5) is 5.69 Å². The van der Waals surface area contributed by atoms with Crippen molar-refractivity contribution in [3.63, 3.8) is 0 Å². The van der Waals surface area contributed by atoms with E-state index in [-0.39, 0.29) is 18.0 Å². The summed E-state index contributed by atoms with van der Waals surface area (Å²) >= 11 is 0. The average Bonchev–Trinajstić information content (AvgIpc) is 2.79. The number of amides is 1. The lowest BCUT2D eigenvalue weighted by Gasteiger charge is -2.34. The SMILES string of the molecule is CN=C1C(=O)Nc2cccc(CNC)c2OCCCCCCC(C)(O)CC(C)(C)S(=O)(=O)C(C)N=C1N. The van der Waals surface area contributed by atoms with Gasteiger partial charge in [0.2, 0.25) is 0 Å². The molecule has 0 aromatic heterocycles. The maximum absolute atomic E-state index is 13.4. The Morgan fingerprint density at radius 2 is 1.92 bits per heavy atom. The number of benzene rings is 1. The number of sulfone groups is 1. The van der Waals surface area contributed by atoms with Crippen LogP contribution in [0.15, 0.2) is 28.2 Å². The molecule has 0 bridgehead atoms. The smallest absolute Gasteiger partial charge is 0.277 e. The first-order chi connectivity index (χ1) is 17.3. The van der Waals surface area contributed by atoms with Gasteiger partial charge in [-0.15, -0.1) is 0 Å². The Labute approximate surface area is 221 Å². The third-order valence-corrected chi connectivity index (χ3v) is 9.28. The van der Waals surface area contributed by atoms with Gasteiger partial charge in [-0.3, -0.25) is 9.79 Å². The Balaban J connectivity index is 2.49. The van der Waals surface area contributed by atoms with E-state index in [4.69, 9.17) is 10.5 Å². The maximum atomic E-state index is 13.4. The van der Waals surface area contributed by atoms with Crippen molar-refractivity contribution in [2.75, 3.05) is 26.0 Å². The molecule has 1 aromatic carbocycles. The van der Waals surface area contributed by atoms with E-state index < -0.39 is 31.5 Å². The Kier molecular flexibility index (Phi) is 10.7. The van der Waals surface area contributed by atoms with Crippen molar-refractivity contribution in [3.8, 4) is 5.75 Å². The van der Waals surface area contributed by atoms with Crippen LogP contribution in [0, 0.1) is 0 Å². The van der Waals surface area contributed by atoms with Crippen molar-refractivity contribution < 1.29 is 23.1 Å². The summed E-state index contributed by atoms with van der Waals surface area (Å²) in [7, 11) is -0.662. The Hall–Kier alpha value is -2.50. The largest absolute Gasteiger partial charge is 0.491 e. The molecule has 0 saturated heterocycles. The highest BCUT2D eigenvalue weighted by Gasteiger charge is 2.43. The molecule has 10 nitrogen and oxygen atoms in total. The molecule has 1 aliphatic heterocycles. The molecular formula is C26H43N5O5S. The van der Waals surface area contributed by atoms with E-state index in [1.165, 1.54) is 14.0 Å². The Bertz CT molecular complexity index is 1110. The fraction of sp³-hybridized carbons (Fsp3) is 0.654. The van der Waals surface area contributed by atoms with E-state index >= 15 is 0 Å². The average molecular weight is 538 g/mol. The summed E-state index contributed by atoms with van der Waals surface area (Å²) in [4.78, 5) is 21.3. The summed E-state index contributed by atoms with van der Waals surface area (Å²) in [6.45, 7) is 7.25. The van der Waals surface area contributed by atoms with Gasteiger partial charge in [0.15, 0.2) is 26.8 Å². The monoisotopic (exact) mass is 537 g/mol. The molecular weight excluding hydrogens is 494 g/mol. The number of fused-ring (bicyclic) bond motifs is 1. The fourth-order valence-corrected chi connectivity index (χ4v) is 6.42. The van der Waals surface area contributed by atoms with Crippen molar-refractivity contribution >= 4 is 33.0 Å². The van der Waals surface area contributed by atoms with Gasteiger partial charge in [-0.05, 0) is 60.1 Å².